The van der Waals surface area contributed by atoms with E-state index in [0.717, 1.165) is 17.8 Å². The molecule has 13 heteroatoms. The molecular weight excluding hydrogens is 449 g/mol. The minimum absolute atomic E-state index is 0.339. The second kappa shape index (κ2) is 10.1. The summed E-state index contributed by atoms with van der Waals surface area (Å²) in [5.41, 5.74) is 0.114. The Morgan fingerprint density at radius 2 is 1.84 bits per heavy atom. The first kappa shape index (κ1) is 23.1. The summed E-state index contributed by atoms with van der Waals surface area (Å²) in [6.45, 7) is 1.07. The van der Waals surface area contributed by atoms with Gasteiger partial charge in [0.2, 0.25) is 17.0 Å². The minimum Gasteiger partial charge on any atom is -0.497 e. The van der Waals surface area contributed by atoms with Crippen molar-refractivity contribution in [3.63, 3.8) is 0 Å². The molecule has 0 radical (unpaired) electrons. The van der Waals surface area contributed by atoms with Crippen LogP contribution >= 0.6 is 11.8 Å². The van der Waals surface area contributed by atoms with E-state index < -0.39 is 46.7 Å². The number of ether oxygens (including phenoxy) is 1. The van der Waals surface area contributed by atoms with E-state index in [4.69, 9.17) is 4.74 Å². The van der Waals surface area contributed by atoms with Gasteiger partial charge in [-0.3, -0.25) is 9.59 Å². The first-order chi connectivity index (χ1) is 15.3. The number of carbonyl (C=O) groups is 2. The molecule has 0 aliphatic carbocycles. The van der Waals surface area contributed by atoms with E-state index in [2.05, 4.69) is 26.2 Å². The van der Waals surface area contributed by atoms with E-state index in [9.17, 15) is 22.8 Å². The van der Waals surface area contributed by atoms with Gasteiger partial charge in [-0.2, -0.15) is 4.68 Å². The molecule has 0 bridgehead atoms. The molecule has 2 amide bonds. The number of carbonyl (C=O) groups excluding carboxylic acids is 2. The largest absolute Gasteiger partial charge is 0.497 e. The fourth-order valence-electron chi connectivity index (χ4n) is 2.48. The maximum atomic E-state index is 13.6. The number of nitrogens with zero attached hydrogens (tertiary/aromatic N) is 4. The van der Waals surface area contributed by atoms with Gasteiger partial charge in [-0.25, -0.2) is 13.2 Å². The number of amides is 2. The zero-order chi connectivity index (χ0) is 23.3. The van der Waals surface area contributed by atoms with E-state index in [1.165, 1.54) is 4.68 Å². The van der Waals surface area contributed by atoms with Gasteiger partial charge in [-0.1, -0.05) is 11.8 Å². The number of halogens is 3. The Bertz CT molecular complexity index is 1130. The average Bonchev–Trinajstić information content (AvgIpc) is 3.25. The van der Waals surface area contributed by atoms with Crippen molar-refractivity contribution in [2.45, 2.75) is 17.3 Å². The lowest BCUT2D eigenvalue weighted by Crippen LogP contribution is -2.37. The Morgan fingerprint density at radius 3 is 2.53 bits per heavy atom. The summed E-state index contributed by atoms with van der Waals surface area (Å²) in [6, 6.07) is 8.51. The Hall–Kier alpha value is -3.61. The number of anilines is 1. The topological polar surface area (TPSA) is 111 Å². The number of thioether (sulfide) groups is 1. The van der Waals surface area contributed by atoms with Crippen molar-refractivity contribution in [2.75, 3.05) is 19.0 Å². The molecule has 3 aromatic rings. The van der Waals surface area contributed by atoms with Crippen molar-refractivity contribution in [2.24, 2.45) is 0 Å². The summed E-state index contributed by atoms with van der Waals surface area (Å²) in [6.07, 6.45) is 0. The maximum absolute atomic E-state index is 13.6. The highest BCUT2D eigenvalue weighted by molar-refractivity contribution is 8.00. The zero-order valence-electron chi connectivity index (χ0n) is 16.8. The van der Waals surface area contributed by atoms with Crippen LogP contribution in [0.15, 0.2) is 41.6 Å². The Morgan fingerprint density at radius 1 is 1.12 bits per heavy atom. The lowest BCUT2D eigenvalue weighted by Gasteiger charge is -2.12. The minimum atomic E-state index is -1.70. The molecule has 2 aromatic carbocycles. The van der Waals surface area contributed by atoms with Gasteiger partial charge in [0.15, 0.2) is 17.5 Å². The molecule has 0 fully saturated rings. The van der Waals surface area contributed by atoms with Crippen LogP contribution in [0.1, 0.15) is 6.92 Å². The predicted octanol–water partition coefficient (Wildman–Crippen LogP) is 2.32. The van der Waals surface area contributed by atoms with Crippen molar-refractivity contribution in [1.82, 2.24) is 25.5 Å². The van der Waals surface area contributed by atoms with E-state index >= 15 is 0 Å². The average molecular weight is 466 g/mol. The number of nitrogens with one attached hydrogen (secondary N) is 2. The SMILES string of the molecule is COc1ccc(-n2nnnc2S[C@@H](C)C(=O)NCC(=O)Nc2ccc(F)c(F)c2F)cc1. The second-order valence-corrected chi connectivity index (χ2v) is 7.63. The molecule has 0 aliphatic rings. The Labute approximate surface area is 184 Å². The van der Waals surface area contributed by atoms with Gasteiger partial charge in [0.1, 0.15) is 5.75 Å². The number of methoxy groups -OCH3 is 1. The molecule has 0 saturated heterocycles. The molecule has 0 spiro atoms. The van der Waals surface area contributed by atoms with Crippen molar-refractivity contribution < 1.29 is 27.5 Å². The number of hydrogen-bond donors (Lipinski definition) is 2. The van der Waals surface area contributed by atoms with E-state index in [1.807, 2.05) is 0 Å². The van der Waals surface area contributed by atoms with Crippen molar-refractivity contribution in [3.05, 3.63) is 53.8 Å². The summed E-state index contributed by atoms with van der Waals surface area (Å²) in [5.74, 6) is -5.28. The maximum Gasteiger partial charge on any atom is 0.243 e. The first-order valence-electron chi connectivity index (χ1n) is 9.10. The predicted molar refractivity (Wildman–Crippen MR) is 109 cm³/mol. The van der Waals surface area contributed by atoms with Gasteiger partial charge in [-0.05, 0) is 53.7 Å². The fourth-order valence-corrected chi connectivity index (χ4v) is 3.31. The fraction of sp³-hybridized carbons (Fsp3) is 0.211. The van der Waals surface area contributed by atoms with Crippen LogP contribution in [0.25, 0.3) is 5.69 Å². The number of benzene rings is 2. The van der Waals surface area contributed by atoms with Gasteiger partial charge in [0.25, 0.3) is 0 Å². The molecule has 9 nitrogen and oxygen atoms in total. The molecule has 168 valence electrons. The third-order valence-corrected chi connectivity index (χ3v) is 5.17. The Kier molecular flexibility index (Phi) is 7.30. The molecule has 1 heterocycles. The summed E-state index contributed by atoms with van der Waals surface area (Å²) in [7, 11) is 1.54. The zero-order valence-corrected chi connectivity index (χ0v) is 17.6. The van der Waals surface area contributed by atoms with Crippen LogP contribution in [0.4, 0.5) is 18.9 Å². The number of hydrogen-bond acceptors (Lipinski definition) is 7. The lowest BCUT2D eigenvalue weighted by molar-refractivity contribution is -0.123. The van der Waals surface area contributed by atoms with E-state index in [0.29, 0.717) is 22.7 Å². The second-order valence-electron chi connectivity index (χ2n) is 6.32. The highest BCUT2D eigenvalue weighted by Gasteiger charge is 2.21. The van der Waals surface area contributed by atoms with Gasteiger partial charge in [0, 0.05) is 0 Å². The van der Waals surface area contributed by atoms with E-state index in [1.54, 1.807) is 38.3 Å². The van der Waals surface area contributed by atoms with Crippen LogP contribution in [0.3, 0.4) is 0 Å². The normalized spacial score (nSPS) is 11.7. The van der Waals surface area contributed by atoms with Crippen molar-refractivity contribution >= 4 is 29.3 Å². The molecule has 1 atom stereocenters. The van der Waals surface area contributed by atoms with Crippen LogP contribution in [0.2, 0.25) is 0 Å². The smallest absolute Gasteiger partial charge is 0.243 e. The van der Waals surface area contributed by atoms with Crippen LogP contribution < -0.4 is 15.4 Å². The third kappa shape index (κ3) is 5.35. The molecule has 0 aliphatic heterocycles. The van der Waals surface area contributed by atoms with Gasteiger partial charge < -0.3 is 15.4 Å². The third-order valence-electron chi connectivity index (χ3n) is 4.14. The van der Waals surface area contributed by atoms with Crippen LogP contribution in [-0.2, 0) is 9.59 Å². The molecular formula is C19H17F3N6O3S. The molecule has 2 N–H and O–H groups in total. The van der Waals surface area contributed by atoms with Crippen LogP contribution in [0, 0.1) is 17.5 Å². The van der Waals surface area contributed by atoms with Crippen LogP contribution in [0.5, 0.6) is 5.75 Å². The molecule has 0 saturated carbocycles. The van der Waals surface area contributed by atoms with Crippen molar-refractivity contribution in [3.8, 4) is 11.4 Å². The molecule has 0 unspecified atom stereocenters. The quantitative estimate of drug-likeness (QED) is 0.387. The molecule has 1 aromatic heterocycles. The van der Waals surface area contributed by atoms with Crippen LogP contribution in [-0.4, -0.2) is 50.9 Å². The molecule has 32 heavy (non-hydrogen) atoms. The highest BCUT2D eigenvalue weighted by Crippen LogP contribution is 2.24. The summed E-state index contributed by atoms with van der Waals surface area (Å²) < 4.78 is 46.4. The monoisotopic (exact) mass is 466 g/mol. The molecule has 3 rings (SSSR count). The lowest BCUT2D eigenvalue weighted by atomic mass is 10.2. The first-order valence-corrected chi connectivity index (χ1v) is 9.98. The number of rotatable bonds is 8. The highest BCUT2D eigenvalue weighted by atomic mass is 32.2. The van der Waals surface area contributed by atoms with Gasteiger partial charge in [-0.15, -0.1) is 5.10 Å². The van der Waals surface area contributed by atoms with Crippen molar-refractivity contribution in [1.29, 1.82) is 0 Å². The summed E-state index contributed by atoms with van der Waals surface area (Å²) in [5, 5.41) is 15.5. The van der Waals surface area contributed by atoms with Gasteiger partial charge >= 0.3 is 0 Å². The summed E-state index contributed by atoms with van der Waals surface area (Å²) in [4.78, 5) is 24.3. The summed E-state index contributed by atoms with van der Waals surface area (Å²) >= 11 is 1.05. The number of tetrazole rings is 1. The standard InChI is InChI=1S/C19H17F3N6O3S/c1-10(32-19-25-26-27-28(19)11-3-5-12(31-2)6-4-11)18(30)23-9-15(29)24-14-8-7-13(20)16(21)17(14)22/h3-8,10H,9H2,1-2H3,(H,23,30)(H,24,29)/t10-/m0/s1. The van der Waals surface area contributed by atoms with E-state index in [-0.39, 0.29) is 0 Å². The Balaban J connectivity index is 1.56. The number of aromatic nitrogens is 4. The van der Waals surface area contributed by atoms with Gasteiger partial charge in [0.05, 0.1) is 30.3 Å².